The lowest BCUT2D eigenvalue weighted by atomic mass is 10.1. The van der Waals surface area contributed by atoms with E-state index in [9.17, 15) is 9.59 Å². The fourth-order valence-corrected chi connectivity index (χ4v) is 2.52. The molecule has 0 spiro atoms. The quantitative estimate of drug-likeness (QED) is 0.717. The molecule has 0 saturated carbocycles. The first-order chi connectivity index (χ1) is 12.1. The number of carbonyl (C=O) groups is 1. The van der Waals surface area contributed by atoms with Gasteiger partial charge in [0.05, 0.1) is 5.56 Å². The lowest BCUT2D eigenvalue weighted by Gasteiger charge is -2.01. The van der Waals surface area contributed by atoms with Gasteiger partial charge in [0.15, 0.2) is 0 Å². The molecule has 1 amide bonds. The van der Waals surface area contributed by atoms with Crippen molar-refractivity contribution in [3.8, 4) is 11.4 Å². The highest BCUT2D eigenvalue weighted by molar-refractivity contribution is 5.82. The maximum Gasteiger partial charge on any atom is 0.259 e. The van der Waals surface area contributed by atoms with Gasteiger partial charge in [0.1, 0.15) is 0 Å². The summed E-state index contributed by atoms with van der Waals surface area (Å²) in [5.74, 6) is 0.512. The van der Waals surface area contributed by atoms with Crippen LogP contribution in [0.25, 0.3) is 22.3 Å². The van der Waals surface area contributed by atoms with Crippen molar-refractivity contribution in [2.24, 2.45) is 0 Å². The molecule has 3 aromatic rings. The largest absolute Gasteiger partial charge is 0.356 e. The standard InChI is InChI=1S/C18H20N4O3/c1-3-8-19-15(23)6-7-16-21-17(22-25-16)13-10-12-5-4-11(2)9-14(12)20-18(13)24/h4-5,9-10H,3,6-8H2,1-2H3,(H,19,23)(H,20,24). The van der Waals surface area contributed by atoms with Crippen LogP contribution in [0.5, 0.6) is 0 Å². The molecule has 0 fully saturated rings. The minimum atomic E-state index is -0.272. The predicted molar refractivity (Wildman–Crippen MR) is 94.2 cm³/mol. The molecule has 0 radical (unpaired) electrons. The van der Waals surface area contributed by atoms with E-state index in [0.717, 1.165) is 22.9 Å². The van der Waals surface area contributed by atoms with E-state index in [2.05, 4.69) is 20.4 Å². The van der Waals surface area contributed by atoms with Crippen LogP contribution in [0.15, 0.2) is 33.6 Å². The van der Waals surface area contributed by atoms with Crippen molar-refractivity contribution in [2.75, 3.05) is 6.54 Å². The molecule has 2 N–H and O–H groups in total. The van der Waals surface area contributed by atoms with E-state index in [4.69, 9.17) is 4.52 Å². The van der Waals surface area contributed by atoms with Crippen molar-refractivity contribution in [3.63, 3.8) is 0 Å². The number of amides is 1. The zero-order valence-electron chi connectivity index (χ0n) is 14.3. The lowest BCUT2D eigenvalue weighted by Crippen LogP contribution is -2.24. The molecule has 25 heavy (non-hydrogen) atoms. The summed E-state index contributed by atoms with van der Waals surface area (Å²) in [7, 11) is 0. The molecule has 0 unspecified atom stereocenters. The number of benzene rings is 1. The molecule has 2 aromatic heterocycles. The summed E-state index contributed by atoms with van der Waals surface area (Å²) in [6.45, 7) is 4.61. The van der Waals surface area contributed by atoms with E-state index >= 15 is 0 Å². The van der Waals surface area contributed by atoms with Gasteiger partial charge in [-0.25, -0.2) is 0 Å². The average Bonchev–Trinajstić information content (AvgIpc) is 3.06. The number of nitrogens with one attached hydrogen (secondary N) is 2. The summed E-state index contributed by atoms with van der Waals surface area (Å²) in [5, 5.41) is 7.56. The highest BCUT2D eigenvalue weighted by atomic mass is 16.5. The van der Waals surface area contributed by atoms with Gasteiger partial charge in [0.2, 0.25) is 17.6 Å². The van der Waals surface area contributed by atoms with Gasteiger partial charge in [0, 0.05) is 24.9 Å². The molecule has 0 atom stereocenters. The van der Waals surface area contributed by atoms with Crippen LogP contribution in [-0.2, 0) is 11.2 Å². The SMILES string of the molecule is CCCNC(=O)CCc1nc(-c2cc3ccc(C)cc3[nH]c2=O)no1. The summed E-state index contributed by atoms with van der Waals surface area (Å²) in [4.78, 5) is 31.0. The second-order valence-corrected chi connectivity index (χ2v) is 5.96. The lowest BCUT2D eigenvalue weighted by molar-refractivity contribution is -0.121. The third-order valence-electron chi connectivity index (χ3n) is 3.85. The third-order valence-corrected chi connectivity index (χ3v) is 3.85. The summed E-state index contributed by atoms with van der Waals surface area (Å²) in [6.07, 6.45) is 1.50. The monoisotopic (exact) mass is 340 g/mol. The minimum absolute atomic E-state index is 0.0551. The average molecular weight is 340 g/mol. The number of rotatable bonds is 6. The van der Waals surface area contributed by atoms with E-state index < -0.39 is 0 Å². The summed E-state index contributed by atoms with van der Waals surface area (Å²) in [5.41, 5.74) is 1.91. The molecule has 0 aliphatic rings. The molecule has 130 valence electrons. The second kappa shape index (κ2) is 7.29. The van der Waals surface area contributed by atoms with Crippen LogP contribution >= 0.6 is 0 Å². The Bertz CT molecular complexity index is 958. The Morgan fingerprint density at radius 2 is 2.16 bits per heavy atom. The first-order valence-electron chi connectivity index (χ1n) is 8.30. The van der Waals surface area contributed by atoms with Gasteiger partial charge in [-0.1, -0.05) is 24.2 Å². The van der Waals surface area contributed by atoms with E-state index in [0.29, 0.717) is 24.4 Å². The van der Waals surface area contributed by atoms with Crippen LogP contribution in [0.2, 0.25) is 0 Å². The highest BCUT2D eigenvalue weighted by Gasteiger charge is 2.14. The molecule has 0 aliphatic carbocycles. The maximum atomic E-state index is 12.3. The fraction of sp³-hybridized carbons (Fsp3) is 0.333. The number of aromatic nitrogens is 3. The van der Waals surface area contributed by atoms with Gasteiger partial charge in [-0.2, -0.15) is 4.98 Å². The molecule has 7 heteroatoms. The Labute approximate surface area is 144 Å². The first kappa shape index (κ1) is 16.9. The molecule has 0 bridgehead atoms. The minimum Gasteiger partial charge on any atom is -0.356 e. The van der Waals surface area contributed by atoms with Gasteiger partial charge >= 0.3 is 0 Å². The zero-order chi connectivity index (χ0) is 17.8. The molecule has 2 heterocycles. The van der Waals surface area contributed by atoms with Gasteiger partial charge in [-0.15, -0.1) is 0 Å². The molecule has 7 nitrogen and oxygen atoms in total. The van der Waals surface area contributed by atoms with E-state index in [1.165, 1.54) is 0 Å². The molecular weight excluding hydrogens is 320 g/mol. The molecule has 0 saturated heterocycles. The Hall–Kier alpha value is -2.96. The number of H-pyrrole nitrogens is 1. The molecule has 3 rings (SSSR count). The van der Waals surface area contributed by atoms with Crippen LogP contribution in [0.1, 0.15) is 31.2 Å². The smallest absolute Gasteiger partial charge is 0.259 e. The Balaban J connectivity index is 1.79. The van der Waals surface area contributed by atoms with Crippen molar-refractivity contribution in [2.45, 2.75) is 33.1 Å². The van der Waals surface area contributed by atoms with E-state index in [1.54, 1.807) is 6.07 Å². The number of fused-ring (bicyclic) bond motifs is 1. The van der Waals surface area contributed by atoms with Crippen LogP contribution < -0.4 is 10.9 Å². The maximum absolute atomic E-state index is 12.3. The summed E-state index contributed by atoms with van der Waals surface area (Å²) < 4.78 is 5.17. The van der Waals surface area contributed by atoms with Crippen molar-refractivity contribution >= 4 is 16.8 Å². The topological polar surface area (TPSA) is 101 Å². The number of hydrogen-bond acceptors (Lipinski definition) is 5. The number of carbonyl (C=O) groups excluding carboxylic acids is 1. The second-order valence-electron chi connectivity index (χ2n) is 5.96. The number of pyridine rings is 1. The molecule has 0 aliphatic heterocycles. The predicted octanol–water partition coefficient (Wildman–Crippen LogP) is 2.35. The van der Waals surface area contributed by atoms with Gasteiger partial charge in [0.25, 0.3) is 5.56 Å². The van der Waals surface area contributed by atoms with E-state index in [1.807, 2.05) is 32.0 Å². The fourth-order valence-electron chi connectivity index (χ4n) is 2.52. The summed E-state index contributed by atoms with van der Waals surface area (Å²) in [6, 6.07) is 7.57. The Kier molecular flexibility index (Phi) is 4.92. The third kappa shape index (κ3) is 3.93. The molecule has 1 aromatic carbocycles. The van der Waals surface area contributed by atoms with Crippen molar-refractivity contribution < 1.29 is 9.32 Å². The van der Waals surface area contributed by atoms with Gasteiger partial charge in [-0.05, 0) is 36.4 Å². The number of aryl methyl sites for hydroxylation is 2. The summed E-state index contributed by atoms with van der Waals surface area (Å²) >= 11 is 0. The number of aromatic amines is 1. The van der Waals surface area contributed by atoms with E-state index in [-0.39, 0.29) is 23.7 Å². The van der Waals surface area contributed by atoms with Crippen LogP contribution in [0, 0.1) is 6.92 Å². The Morgan fingerprint density at radius 1 is 1.32 bits per heavy atom. The number of hydrogen-bond donors (Lipinski definition) is 2. The van der Waals surface area contributed by atoms with Gasteiger partial charge in [-0.3, -0.25) is 9.59 Å². The van der Waals surface area contributed by atoms with Crippen LogP contribution in [0.4, 0.5) is 0 Å². The van der Waals surface area contributed by atoms with Gasteiger partial charge < -0.3 is 14.8 Å². The highest BCUT2D eigenvalue weighted by Crippen LogP contribution is 2.18. The normalized spacial score (nSPS) is 11.0. The first-order valence-corrected chi connectivity index (χ1v) is 8.30. The number of nitrogens with zero attached hydrogens (tertiary/aromatic N) is 2. The van der Waals surface area contributed by atoms with Crippen LogP contribution in [0.3, 0.4) is 0 Å². The van der Waals surface area contributed by atoms with Crippen molar-refractivity contribution in [1.82, 2.24) is 20.4 Å². The zero-order valence-corrected chi connectivity index (χ0v) is 14.3. The van der Waals surface area contributed by atoms with Crippen molar-refractivity contribution in [3.05, 3.63) is 46.1 Å². The molecular formula is C18H20N4O3. The Morgan fingerprint density at radius 3 is 2.96 bits per heavy atom. The van der Waals surface area contributed by atoms with Crippen molar-refractivity contribution in [1.29, 1.82) is 0 Å². The van der Waals surface area contributed by atoms with Crippen LogP contribution in [-0.4, -0.2) is 27.6 Å².